The SMILES string of the molecule is COc1cc(OC)c2c(c1)[C@@H]1C=CC[C@@H]1[C@@H](c1ccc(C(=O)O)cc1)N2. The van der Waals surface area contributed by atoms with E-state index in [1.165, 1.54) is 5.56 Å². The molecule has 2 N–H and O–H groups in total. The highest BCUT2D eigenvalue weighted by atomic mass is 16.5. The maximum absolute atomic E-state index is 11.1. The third-order valence-corrected chi connectivity index (χ3v) is 5.38. The van der Waals surface area contributed by atoms with Gasteiger partial charge in [-0.25, -0.2) is 4.79 Å². The van der Waals surface area contributed by atoms with Crippen LogP contribution in [0.5, 0.6) is 11.5 Å². The first-order valence-electron chi connectivity index (χ1n) is 8.64. The van der Waals surface area contributed by atoms with Crippen LogP contribution in [0.2, 0.25) is 0 Å². The first-order chi connectivity index (χ1) is 12.6. The minimum Gasteiger partial charge on any atom is -0.497 e. The number of carboxylic acids is 1. The van der Waals surface area contributed by atoms with Crippen LogP contribution in [0, 0.1) is 5.92 Å². The van der Waals surface area contributed by atoms with Gasteiger partial charge in [-0.2, -0.15) is 0 Å². The first-order valence-corrected chi connectivity index (χ1v) is 8.64. The summed E-state index contributed by atoms with van der Waals surface area (Å²) in [6.07, 6.45) is 5.44. The largest absolute Gasteiger partial charge is 0.497 e. The molecule has 2 aromatic rings. The van der Waals surface area contributed by atoms with Gasteiger partial charge in [0.05, 0.1) is 31.5 Å². The number of anilines is 1. The summed E-state index contributed by atoms with van der Waals surface area (Å²) in [5.74, 6) is 1.28. The third-order valence-electron chi connectivity index (χ3n) is 5.38. The van der Waals surface area contributed by atoms with Gasteiger partial charge < -0.3 is 19.9 Å². The van der Waals surface area contributed by atoms with Crippen LogP contribution in [0.1, 0.15) is 39.9 Å². The van der Waals surface area contributed by atoms with E-state index in [4.69, 9.17) is 14.6 Å². The lowest BCUT2D eigenvalue weighted by Gasteiger charge is -2.38. The lowest BCUT2D eigenvalue weighted by Crippen LogP contribution is -2.29. The molecule has 0 amide bonds. The molecule has 1 heterocycles. The summed E-state index contributed by atoms with van der Waals surface area (Å²) in [5.41, 5.74) is 3.54. The monoisotopic (exact) mass is 351 g/mol. The van der Waals surface area contributed by atoms with Crippen LogP contribution in [0.25, 0.3) is 0 Å². The molecule has 134 valence electrons. The molecule has 0 radical (unpaired) electrons. The molecule has 0 unspecified atom stereocenters. The number of hydrogen-bond donors (Lipinski definition) is 2. The predicted octanol–water partition coefficient (Wildman–Crippen LogP) is 4.23. The third kappa shape index (κ3) is 2.60. The van der Waals surface area contributed by atoms with Crippen LogP contribution >= 0.6 is 0 Å². The first kappa shape index (κ1) is 16.5. The van der Waals surface area contributed by atoms with Gasteiger partial charge in [-0.1, -0.05) is 24.3 Å². The Morgan fingerprint density at radius 1 is 1.15 bits per heavy atom. The van der Waals surface area contributed by atoms with Gasteiger partial charge >= 0.3 is 5.97 Å². The van der Waals surface area contributed by atoms with E-state index in [2.05, 4.69) is 23.5 Å². The Hall–Kier alpha value is -2.95. The number of nitrogens with one attached hydrogen (secondary N) is 1. The Morgan fingerprint density at radius 3 is 2.58 bits per heavy atom. The number of rotatable bonds is 4. The van der Waals surface area contributed by atoms with Crippen molar-refractivity contribution >= 4 is 11.7 Å². The molecule has 3 atom stereocenters. The van der Waals surface area contributed by atoms with Crippen LogP contribution in [-0.4, -0.2) is 25.3 Å². The van der Waals surface area contributed by atoms with Crippen molar-refractivity contribution in [1.82, 2.24) is 0 Å². The van der Waals surface area contributed by atoms with Crippen molar-refractivity contribution in [2.24, 2.45) is 5.92 Å². The fraction of sp³-hybridized carbons (Fsp3) is 0.286. The fourth-order valence-electron chi connectivity index (χ4n) is 4.08. The number of ether oxygens (including phenoxy) is 2. The van der Waals surface area contributed by atoms with E-state index in [1.54, 1.807) is 26.4 Å². The summed E-state index contributed by atoms with van der Waals surface area (Å²) >= 11 is 0. The summed E-state index contributed by atoms with van der Waals surface area (Å²) in [5, 5.41) is 12.8. The zero-order chi connectivity index (χ0) is 18.3. The van der Waals surface area contributed by atoms with Crippen LogP contribution < -0.4 is 14.8 Å². The number of fused-ring (bicyclic) bond motifs is 3. The van der Waals surface area contributed by atoms with Crippen molar-refractivity contribution in [2.75, 3.05) is 19.5 Å². The standard InChI is InChI=1S/C21H21NO4/c1-25-14-10-17-15-4-3-5-16(15)19(22-20(17)18(11-14)26-2)12-6-8-13(9-7-12)21(23)24/h3-4,6-11,15-16,19,22H,5H2,1-2H3,(H,23,24)/t15-,16+,19-/m1/s1. The summed E-state index contributed by atoms with van der Waals surface area (Å²) in [7, 11) is 3.32. The average Bonchev–Trinajstić information content (AvgIpc) is 3.16. The number of hydrogen-bond acceptors (Lipinski definition) is 4. The molecule has 0 aromatic heterocycles. The number of methoxy groups -OCH3 is 2. The summed E-state index contributed by atoms with van der Waals surface area (Å²) in [6.45, 7) is 0. The normalized spacial score (nSPS) is 22.9. The topological polar surface area (TPSA) is 67.8 Å². The smallest absolute Gasteiger partial charge is 0.335 e. The van der Waals surface area contributed by atoms with Crippen molar-refractivity contribution in [3.05, 3.63) is 65.2 Å². The molecule has 1 aliphatic carbocycles. The average molecular weight is 351 g/mol. The maximum atomic E-state index is 11.1. The molecule has 0 spiro atoms. The highest BCUT2D eigenvalue weighted by Gasteiger charge is 2.39. The van der Waals surface area contributed by atoms with E-state index in [0.29, 0.717) is 11.5 Å². The maximum Gasteiger partial charge on any atom is 0.335 e. The molecule has 5 heteroatoms. The number of allylic oxidation sites excluding steroid dienone is 2. The number of carbonyl (C=O) groups is 1. The molecule has 4 rings (SSSR count). The molecule has 1 aliphatic heterocycles. The summed E-state index contributed by atoms with van der Waals surface area (Å²) < 4.78 is 11.0. The molecule has 26 heavy (non-hydrogen) atoms. The van der Waals surface area contributed by atoms with Gasteiger partial charge in [-0.3, -0.25) is 0 Å². The Morgan fingerprint density at radius 2 is 1.92 bits per heavy atom. The second-order valence-electron chi connectivity index (χ2n) is 6.70. The Kier molecular flexibility index (Phi) is 4.07. The van der Waals surface area contributed by atoms with Crippen molar-refractivity contribution in [2.45, 2.75) is 18.4 Å². The molecular formula is C21H21NO4. The van der Waals surface area contributed by atoms with Crippen molar-refractivity contribution in [1.29, 1.82) is 0 Å². The van der Waals surface area contributed by atoms with Gasteiger partial charge in [-0.05, 0) is 41.7 Å². The Bertz CT molecular complexity index is 872. The number of carboxylic acid groups (broad SMARTS) is 1. The van der Waals surface area contributed by atoms with Gasteiger partial charge in [-0.15, -0.1) is 0 Å². The highest BCUT2D eigenvalue weighted by molar-refractivity contribution is 5.87. The quantitative estimate of drug-likeness (QED) is 0.807. The molecule has 2 aromatic carbocycles. The Labute approximate surface area is 152 Å². The van der Waals surface area contributed by atoms with E-state index < -0.39 is 5.97 Å². The van der Waals surface area contributed by atoms with Crippen molar-refractivity contribution < 1.29 is 19.4 Å². The molecule has 2 aliphatic rings. The predicted molar refractivity (Wildman–Crippen MR) is 99.3 cm³/mol. The van der Waals surface area contributed by atoms with Gasteiger partial charge in [0, 0.05) is 12.0 Å². The molecule has 0 bridgehead atoms. The minimum atomic E-state index is -0.910. The summed E-state index contributed by atoms with van der Waals surface area (Å²) in [6, 6.07) is 11.2. The minimum absolute atomic E-state index is 0.0904. The van der Waals surface area contributed by atoms with Gasteiger partial charge in [0.2, 0.25) is 0 Å². The van der Waals surface area contributed by atoms with Crippen molar-refractivity contribution in [3.8, 4) is 11.5 Å². The van der Waals surface area contributed by atoms with Gasteiger partial charge in [0.1, 0.15) is 11.5 Å². The van der Waals surface area contributed by atoms with Crippen LogP contribution in [0.4, 0.5) is 5.69 Å². The molecular weight excluding hydrogens is 330 g/mol. The molecule has 0 saturated carbocycles. The molecule has 0 saturated heterocycles. The van der Waals surface area contributed by atoms with Crippen LogP contribution in [-0.2, 0) is 0 Å². The summed E-state index contributed by atoms with van der Waals surface area (Å²) in [4.78, 5) is 11.1. The number of benzene rings is 2. The van der Waals surface area contributed by atoms with Crippen molar-refractivity contribution in [3.63, 3.8) is 0 Å². The van der Waals surface area contributed by atoms with E-state index in [9.17, 15) is 4.79 Å². The Balaban J connectivity index is 1.77. The number of aromatic carboxylic acids is 1. The van der Waals surface area contributed by atoms with Gasteiger partial charge in [0.25, 0.3) is 0 Å². The fourth-order valence-corrected chi connectivity index (χ4v) is 4.08. The molecule has 0 fully saturated rings. The van der Waals surface area contributed by atoms with E-state index in [-0.39, 0.29) is 12.0 Å². The lowest BCUT2D eigenvalue weighted by atomic mass is 9.76. The van der Waals surface area contributed by atoms with Crippen LogP contribution in [0.15, 0.2) is 48.6 Å². The van der Waals surface area contributed by atoms with E-state index in [1.807, 2.05) is 18.2 Å². The van der Waals surface area contributed by atoms with Crippen LogP contribution in [0.3, 0.4) is 0 Å². The zero-order valence-corrected chi connectivity index (χ0v) is 14.7. The highest BCUT2D eigenvalue weighted by Crippen LogP contribution is 2.53. The lowest BCUT2D eigenvalue weighted by molar-refractivity contribution is 0.0697. The second-order valence-corrected chi connectivity index (χ2v) is 6.70. The van der Waals surface area contributed by atoms with E-state index >= 15 is 0 Å². The van der Waals surface area contributed by atoms with E-state index in [0.717, 1.165) is 29.2 Å². The molecule has 5 nitrogen and oxygen atoms in total. The van der Waals surface area contributed by atoms with Gasteiger partial charge in [0.15, 0.2) is 0 Å². The second kappa shape index (κ2) is 6.41. The zero-order valence-electron chi connectivity index (χ0n) is 14.7.